The summed E-state index contributed by atoms with van der Waals surface area (Å²) in [7, 11) is 0. The van der Waals surface area contributed by atoms with E-state index in [1.54, 1.807) is 0 Å². The third kappa shape index (κ3) is 2.00. The summed E-state index contributed by atoms with van der Waals surface area (Å²) in [6.07, 6.45) is 3.57. The topological polar surface area (TPSA) is 37.4 Å². The highest BCUT2D eigenvalue weighted by molar-refractivity contribution is 9.10. The Labute approximate surface area is 118 Å². The molecule has 100 valence electrons. The first-order chi connectivity index (χ1) is 9.09. The Morgan fingerprint density at radius 1 is 1.11 bits per heavy atom. The van der Waals surface area contributed by atoms with Crippen LogP contribution in [0.3, 0.4) is 0 Å². The van der Waals surface area contributed by atoms with Gasteiger partial charge in [0, 0.05) is 0 Å². The SMILES string of the molecule is O=C1C2CCCCC2C(=O)N1c1ccc(F)c(Br)c1. The number of fused-ring (bicyclic) bond motifs is 1. The molecule has 5 heteroatoms. The lowest BCUT2D eigenvalue weighted by Gasteiger charge is -2.19. The molecule has 1 heterocycles. The van der Waals surface area contributed by atoms with E-state index in [0.717, 1.165) is 25.7 Å². The lowest BCUT2D eigenvalue weighted by molar-refractivity contribution is -0.122. The zero-order chi connectivity index (χ0) is 13.6. The van der Waals surface area contributed by atoms with Gasteiger partial charge in [-0.25, -0.2) is 4.39 Å². The molecule has 0 N–H and O–H groups in total. The number of carbonyl (C=O) groups is 2. The Bertz CT molecular complexity index is 536. The van der Waals surface area contributed by atoms with Gasteiger partial charge in [-0.3, -0.25) is 14.5 Å². The molecule has 1 saturated heterocycles. The van der Waals surface area contributed by atoms with Crippen molar-refractivity contribution < 1.29 is 14.0 Å². The molecule has 3 rings (SSSR count). The van der Waals surface area contributed by atoms with Gasteiger partial charge in [0.2, 0.25) is 11.8 Å². The standard InChI is InChI=1S/C14H13BrFNO2/c15-11-7-8(5-6-12(11)16)17-13(18)9-3-1-2-4-10(9)14(17)19/h5-7,9-10H,1-4H2. The highest BCUT2D eigenvalue weighted by Gasteiger charge is 2.48. The molecule has 0 radical (unpaired) electrons. The van der Waals surface area contributed by atoms with Gasteiger partial charge in [0.15, 0.2) is 0 Å². The number of halogens is 2. The minimum absolute atomic E-state index is 0.131. The van der Waals surface area contributed by atoms with Gasteiger partial charge < -0.3 is 0 Å². The fourth-order valence-electron chi connectivity index (χ4n) is 3.04. The summed E-state index contributed by atoms with van der Waals surface area (Å²) in [5.74, 6) is -1.02. The zero-order valence-corrected chi connectivity index (χ0v) is 11.8. The number of carbonyl (C=O) groups excluding carboxylic acids is 2. The van der Waals surface area contributed by atoms with Crippen LogP contribution in [0.4, 0.5) is 10.1 Å². The van der Waals surface area contributed by atoms with E-state index in [1.165, 1.54) is 23.1 Å². The molecule has 2 atom stereocenters. The van der Waals surface area contributed by atoms with Gasteiger partial charge >= 0.3 is 0 Å². The Morgan fingerprint density at radius 3 is 2.21 bits per heavy atom. The van der Waals surface area contributed by atoms with Crippen molar-refractivity contribution in [3.05, 3.63) is 28.5 Å². The summed E-state index contributed by atoms with van der Waals surface area (Å²) in [6, 6.07) is 4.23. The van der Waals surface area contributed by atoms with Gasteiger partial charge in [0.25, 0.3) is 0 Å². The summed E-state index contributed by atoms with van der Waals surface area (Å²) in [5.41, 5.74) is 0.456. The third-order valence-corrected chi connectivity index (χ3v) is 4.61. The van der Waals surface area contributed by atoms with Crippen LogP contribution < -0.4 is 4.90 Å². The zero-order valence-electron chi connectivity index (χ0n) is 10.2. The van der Waals surface area contributed by atoms with Gasteiger partial charge in [0.1, 0.15) is 5.82 Å². The maximum absolute atomic E-state index is 13.2. The van der Waals surface area contributed by atoms with Gasteiger partial charge in [-0.2, -0.15) is 0 Å². The van der Waals surface area contributed by atoms with E-state index in [2.05, 4.69) is 15.9 Å². The predicted molar refractivity (Wildman–Crippen MR) is 72.0 cm³/mol. The third-order valence-electron chi connectivity index (χ3n) is 4.00. The van der Waals surface area contributed by atoms with Crippen molar-refractivity contribution in [2.75, 3.05) is 4.90 Å². The number of hydrogen-bond acceptors (Lipinski definition) is 2. The molecular weight excluding hydrogens is 313 g/mol. The molecule has 1 aromatic carbocycles. The maximum atomic E-state index is 13.2. The van der Waals surface area contributed by atoms with Crippen LogP contribution in [0.15, 0.2) is 22.7 Å². The van der Waals surface area contributed by atoms with E-state index < -0.39 is 5.82 Å². The van der Waals surface area contributed by atoms with Crippen molar-refractivity contribution in [2.45, 2.75) is 25.7 Å². The van der Waals surface area contributed by atoms with Gasteiger partial charge in [0.05, 0.1) is 22.0 Å². The van der Waals surface area contributed by atoms with Gasteiger partial charge in [-0.15, -0.1) is 0 Å². The van der Waals surface area contributed by atoms with Crippen molar-refractivity contribution in [3.63, 3.8) is 0 Å². The van der Waals surface area contributed by atoms with Crippen LogP contribution in [-0.4, -0.2) is 11.8 Å². The van der Waals surface area contributed by atoms with E-state index in [9.17, 15) is 14.0 Å². The van der Waals surface area contributed by atoms with Crippen molar-refractivity contribution in [2.24, 2.45) is 11.8 Å². The number of benzene rings is 1. The first-order valence-electron chi connectivity index (χ1n) is 6.42. The molecule has 2 amide bonds. The van der Waals surface area contributed by atoms with E-state index >= 15 is 0 Å². The molecule has 0 bridgehead atoms. The van der Waals surface area contributed by atoms with E-state index in [-0.39, 0.29) is 28.1 Å². The van der Waals surface area contributed by atoms with Crippen LogP contribution in [0.2, 0.25) is 0 Å². The Kier molecular flexibility index (Phi) is 3.17. The number of hydrogen-bond donors (Lipinski definition) is 0. The molecule has 2 aliphatic rings. The summed E-state index contributed by atoms with van der Waals surface area (Å²) >= 11 is 3.09. The second-order valence-corrected chi connectivity index (χ2v) is 5.96. The Morgan fingerprint density at radius 2 is 1.68 bits per heavy atom. The van der Waals surface area contributed by atoms with Crippen LogP contribution in [0, 0.1) is 17.7 Å². The molecule has 19 heavy (non-hydrogen) atoms. The van der Waals surface area contributed by atoms with E-state index in [4.69, 9.17) is 0 Å². The molecule has 2 unspecified atom stereocenters. The molecule has 1 saturated carbocycles. The number of anilines is 1. The van der Waals surface area contributed by atoms with E-state index in [0.29, 0.717) is 5.69 Å². The number of rotatable bonds is 1. The first-order valence-corrected chi connectivity index (χ1v) is 7.22. The lowest BCUT2D eigenvalue weighted by Crippen LogP contribution is -2.30. The van der Waals surface area contributed by atoms with Gasteiger partial charge in [-0.05, 0) is 47.0 Å². The van der Waals surface area contributed by atoms with E-state index in [1.807, 2.05) is 0 Å². The number of nitrogens with zero attached hydrogens (tertiary/aromatic N) is 1. The molecule has 1 aliphatic heterocycles. The van der Waals surface area contributed by atoms with Gasteiger partial charge in [-0.1, -0.05) is 12.8 Å². The van der Waals surface area contributed by atoms with Crippen molar-refractivity contribution in [1.82, 2.24) is 0 Å². The van der Waals surface area contributed by atoms with Crippen LogP contribution in [0.5, 0.6) is 0 Å². The van der Waals surface area contributed by atoms with Crippen molar-refractivity contribution in [1.29, 1.82) is 0 Å². The summed E-state index contributed by atoms with van der Waals surface area (Å²) in [4.78, 5) is 25.9. The molecular formula is C14H13BrFNO2. The maximum Gasteiger partial charge on any atom is 0.237 e. The monoisotopic (exact) mass is 325 g/mol. The first kappa shape index (κ1) is 12.8. The fourth-order valence-corrected chi connectivity index (χ4v) is 3.41. The fraction of sp³-hybridized carbons (Fsp3) is 0.429. The summed E-state index contributed by atoms with van der Waals surface area (Å²) in [6.45, 7) is 0. The van der Waals surface area contributed by atoms with Crippen molar-refractivity contribution in [3.8, 4) is 0 Å². The van der Waals surface area contributed by atoms with Crippen molar-refractivity contribution >= 4 is 33.4 Å². The quantitative estimate of drug-likeness (QED) is 0.743. The minimum atomic E-state index is -0.403. The van der Waals surface area contributed by atoms with Crippen LogP contribution >= 0.6 is 15.9 Å². The Hall–Kier alpha value is -1.23. The lowest BCUT2D eigenvalue weighted by atomic mass is 9.81. The average Bonchev–Trinajstić information content (AvgIpc) is 2.66. The second-order valence-electron chi connectivity index (χ2n) is 5.11. The highest BCUT2D eigenvalue weighted by atomic mass is 79.9. The molecule has 0 aromatic heterocycles. The van der Waals surface area contributed by atoms with Crippen LogP contribution in [0.25, 0.3) is 0 Å². The summed E-state index contributed by atoms with van der Waals surface area (Å²) < 4.78 is 13.5. The smallest absolute Gasteiger partial charge is 0.237 e. The highest BCUT2D eigenvalue weighted by Crippen LogP contribution is 2.40. The predicted octanol–water partition coefficient (Wildman–Crippen LogP) is 3.27. The number of amides is 2. The largest absolute Gasteiger partial charge is 0.274 e. The second kappa shape index (κ2) is 4.71. The summed E-state index contributed by atoms with van der Waals surface area (Å²) in [5, 5.41) is 0. The average molecular weight is 326 g/mol. The normalized spacial score (nSPS) is 26.7. The molecule has 1 aliphatic carbocycles. The van der Waals surface area contributed by atoms with Crippen LogP contribution in [-0.2, 0) is 9.59 Å². The minimum Gasteiger partial charge on any atom is -0.274 e. The molecule has 3 nitrogen and oxygen atoms in total. The molecule has 1 aromatic rings. The van der Waals surface area contributed by atoms with Crippen LogP contribution in [0.1, 0.15) is 25.7 Å². The number of imide groups is 1. The molecule has 2 fully saturated rings. The Balaban J connectivity index is 1.98. The molecule has 0 spiro atoms.